The zero-order valence-electron chi connectivity index (χ0n) is 6.16. The Labute approximate surface area is 66.0 Å². The maximum atomic E-state index is 10.9. The normalized spacial score (nSPS) is 10.3. The van der Waals surface area contributed by atoms with Crippen LogP contribution in [0.2, 0.25) is 0 Å². The number of rotatable bonds is 0. The SMILES string of the molecule is Cc1nn2c(=O)o[nH]c2c1C#N. The molecular formula is C6H4N4O2. The Morgan fingerprint density at radius 3 is 3.17 bits per heavy atom. The summed E-state index contributed by atoms with van der Waals surface area (Å²) in [7, 11) is 0. The van der Waals surface area contributed by atoms with Crippen LogP contribution in [0.25, 0.3) is 5.65 Å². The molecule has 2 rings (SSSR count). The van der Waals surface area contributed by atoms with Gasteiger partial charge in [0, 0.05) is 0 Å². The summed E-state index contributed by atoms with van der Waals surface area (Å²) in [5, 5.41) is 14.8. The summed E-state index contributed by atoms with van der Waals surface area (Å²) in [5.41, 5.74) is 1.15. The number of hydrogen-bond donors (Lipinski definition) is 1. The molecule has 0 atom stereocenters. The fraction of sp³-hybridized carbons (Fsp3) is 0.167. The van der Waals surface area contributed by atoms with Crippen LogP contribution in [0.5, 0.6) is 0 Å². The first-order chi connectivity index (χ1) is 5.74. The van der Waals surface area contributed by atoms with Gasteiger partial charge in [0.05, 0.1) is 5.69 Å². The van der Waals surface area contributed by atoms with E-state index in [2.05, 4.69) is 14.8 Å². The van der Waals surface area contributed by atoms with Crippen LogP contribution in [0.4, 0.5) is 0 Å². The van der Waals surface area contributed by atoms with Crippen molar-refractivity contribution < 1.29 is 4.52 Å². The van der Waals surface area contributed by atoms with Crippen LogP contribution in [-0.2, 0) is 0 Å². The van der Waals surface area contributed by atoms with Crippen molar-refractivity contribution in [3.05, 3.63) is 21.8 Å². The first-order valence-electron chi connectivity index (χ1n) is 3.21. The molecule has 2 aromatic heterocycles. The van der Waals surface area contributed by atoms with Crippen molar-refractivity contribution in [2.45, 2.75) is 6.92 Å². The van der Waals surface area contributed by atoms with Gasteiger partial charge in [0.1, 0.15) is 11.6 Å². The number of hydrogen-bond acceptors (Lipinski definition) is 4. The van der Waals surface area contributed by atoms with E-state index in [0.717, 1.165) is 4.52 Å². The molecule has 0 bridgehead atoms. The second kappa shape index (κ2) is 1.98. The first kappa shape index (κ1) is 6.67. The van der Waals surface area contributed by atoms with Crippen molar-refractivity contribution in [1.82, 2.24) is 14.8 Å². The first-order valence-corrected chi connectivity index (χ1v) is 3.21. The molecule has 0 radical (unpaired) electrons. The largest absolute Gasteiger partial charge is 0.461 e. The predicted octanol–water partition coefficient (Wildman–Crippen LogP) is -0.204. The molecule has 0 aromatic carbocycles. The highest BCUT2D eigenvalue weighted by atomic mass is 16.5. The standard InChI is InChI=1S/C6H4N4O2/c1-3-4(2-7)5-9-12-6(11)10(5)8-3/h9H,1H3. The van der Waals surface area contributed by atoms with Gasteiger partial charge in [-0.1, -0.05) is 0 Å². The maximum absolute atomic E-state index is 10.9. The van der Waals surface area contributed by atoms with Crippen molar-refractivity contribution in [2.24, 2.45) is 0 Å². The van der Waals surface area contributed by atoms with Gasteiger partial charge < -0.3 is 4.52 Å². The minimum absolute atomic E-state index is 0.306. The molecule has 0 saturated heterocycles. The predicted molar refractivity (Wildman–Crippen MR) is 37.5 cm³/mol. The molecule has 0 aliphatic rings. The van der Waals surface area contributed by atoms with Crippen molar-refractivity contribution in [3.63, 3.8) is 0 Å². The zero-order valence-corrected chi connectivity index (χ0v) is 6.16. The third-order valence-corrected chi connectivity index (χ3v) is 1.58. The van der Waals surface area contributed by atoms with E-state index in [1.54, 1.807) is 6.92 Å². The van der Waals surface area contributed by atoms with E-state index in [0.29, 0.717) is 16.9 Å². The third kappa shape index (κ3) is 0.621. The third-order valence-electron chi connectivity index (χ3n) is 1.58. The van der Waals surface area contributed by atoms with Gasteiger partial charge in [-0.05, 0) is 6.92 Å². The Bertz CT molecular complexity index is 524. The van der Waals surface area contributed by atoms with Crippen LogP contribution >= 0.6 is 0 Å². The van der Waals surface area contributed by atoms with E-state index in [1.807, 2.05) is 6.07 Å². The molecule has 0 amide bonds. The number of nitriles is 1. The van der Waals surface area contributed by atoms with Crippen molar-refractivity contribution in [2.75, 3.05) is 0 Å². The molecule has 2 aromatic rings. The lowest BCUT2D eigenvalue weighted by Crippen LogP contribution is -2.05. The summed E-state index contributed by atoms with van der Waals surface area (Å²) in [6, 6.07) is 1.92. The van der Waals surface area contributed by atoms with E-state index in [-0.39, 0.29) is 0 Å². The summed E-state index contributed by atoms with van der Waals surface area (Å²) >= 11 is 0. The van der Waals surface area contributed by atoms with Crippen molar-refractivity contribution in [3.8, 4) is 6.07 Å². The van der Waals surface area contributed by atoms with Gasteiger partial charge in [0.25, 0.3) is 0 Å². The molecule has 0 fully saturated rings. The molecule has 0 spiro atoms. The Morgan fingerprint density at radius 1 is 1.75 bits per heavy atom. The zero-order chi connectivity index (χ0) is 8.72. The second-order valence-electron chi connectivity index (χ2n) is 2.30. The number of aromatic amines is 1. The number of aromatic nitrogens is 3. The molecule has 6 nitrogen and oxygen atoms in total. The fourth-order valence-corrected chi connectivity index (χ4v) is 1.02. The number of H-pyrrole nitrogens is 1. The minimum Gasteiger partial charge on any atom is -0.321 e. The Hall–Kier alpha value is -2.03. The number of nitrogens with zero attached hydrogens (tertiary/aromatic N) is 3. The van der Waals surface area contributed by atoms with Crippen LogP contribution in [0.3, 0.4) is 0 Å². The van der Waals surface area contributed by atoms with Gasteiger partial charge in [-0.25, -0.2) is 4.79 Å². The Kier molecular flexibility index (Phi) is 1.10. The van der Waals surface area contributed by atoms with Gasteiger partial charge in [-0.3, -0.25) is 0 Å². The maximum Gasteiger partial charge on any atom is 0.461 e. The van der Waals surface area contributed by atoms with Gasteiger partial charge in [0.2, 0.25) is 0 Å². The van der Waals surface area contributed by atoms with Crippen LogP contribution in [0.15, 0.2) is 9.32 Å². The summed E-state index contributed by atoms with van der Waals surface area (Å²) in [6.07, 6.45) is 0. The Morgan fingerprint density at radius 2 is 2.50 bits per heavy atom. The summed E-state index contributed by atoms with van der Waals surface area (Å²) in [5.74, 6) is -0.616. The number of fused-ring (bicyclic) bond motifs is 1. The average Bonchev–Trinajstić information content (AvgIpc) is 2.52. The highest BCUT2D eigenvalue weighted by Crippen LogP contribution is 2.08. The molecule has 0 saturated carbocycles. The van der Waals surface area contributed by atoms with E-state index < -0.39 is 5.76 Å². The lowest BCUT2D eigenvalue weighted by Gasteiger charge is -1.77. The van der Waals surface area contributed by atoms with Crippen molar-refractivity contribution >= 4 is 5.65 Å². The van der Waals surface area contributed by atoms with Gasteiger partial charge in [0.15, 0.2) is 5.65 Å². The van der Waals surface area contributed by atoms with E-state index in [4.69, 9.17) is 5.26 Å². The highest BCUT2D eigenvalue weighted by Gasteiger charge is 2.12. The van der Waals surface area contributed by atoms with Crippen LogP contribution in [0, 0.1) is 18.3 Å². The van der Waals surface area contributed by atoms with Gasteiger partial charge in [-0.15, -0.1) is 4.52 Å². The second-order valence-corrected chi connectivity index (χ2v) is 2.30. The Balaban J connectivity index is 3.03. The molecule has 12 heavy (non-hydrogen) atoms. The van der Waals surface area contributed by atoms with Crippen LogP contribution in [0.1, 0.15) is 11.3 Å². The lowest BCUT2D eigenvalue weighted by molar-refractivity contribution is 0.383. The number of aryl methyl sites for hydroxylation is 1. The van der Waals surface area contributed by atoms with Gasteiger partial charge in [-0.2, -0.15) is 15.5 Å². The molecule has 60 valence electrons. The van der Waals surface area contributed by atoms with Crippen molar-refractivity contribution in [1.29, 1.82) is 5.26 Å². The topological polar surface area (TPSA) is 87.1 Å². The molecule has 0 aliphatic heterocycles. The lowest BCUT2D eigenvalue weighted by atomic mass is 10.3. The smallest absolute Gasteiger partial charge is 0.321 e. The molecule has 2 heterocycles. The molecule has 0 unspecified atom stereocenters. The summed E-state index contributed by atoms with van der Waals surface area (Å²) in [6.45, 7) is 1.65. The van der Waals surface area contributed by atoms with E-state index in [1.165, 1.54) is 0 Å². The highest BCUT2D eigenvalue weighted by molar-refractivity contribution is 5.55. The fourth-order valence-electron chi connectivity index (χ4n) is 1.02. The monoisotopic (exact) mass is 164 g/mol. The minimum atomic E-state index is -0.616. The van der Waals surface area contributed by atoms with Crippen LogP contribution in [-0.4, -0.2) is 14.8 Å². The van der Waals surface area contributed by atoms with E-state index >= 15 is 0 Å². The van der Waals surface area contributed by atoms with Crippen LogP contribution < -0.4 is 5.76 Å². The average molecular weight is 164 g/mol. The molecule has 1 N–H and O–H groups in total. The summed E-state index contributed by atoms with van der Waals surface area (Å²) in [4.78, 5) is 10.9. The summed E-state index contributed by atoms with van der Waals surface area (Å²) < 4.78 is 5.44. The number of nitrogens with one attached hydrogen (secondary N) is 1. The van der Waals surface area contributed by atoms with E-state index in [9.17, 15) is 4.79 Å². The molecule has 0 aliphatic carbocycles. The quantitative estimate of drug-likeness (QED) is 0.583. The molecular weight excluding hydrogens is 160 g/mol. The molecule has 6 heteroatoms. The van der Waals surface area contributed by atoms with Gasteiger partial charge >= 0.3 is 5.76 Å².